The number of carbonyl (C=O) groups is 1. The molecule has 0 aromatic carbocycles. The Morgan fingerprint density at radius 1 is 1.65 bits per heavy atom. The molecular formula is C12H18BrN3O. The molecule has 0 fully saturated rings. The molecule has 0 unspecified atom stereocenters. The van der Waals surface area contributed by atoms with E-state index in [9.17, 15) is 4.79 Å². The molecule has 0 saturated heterocycles. The Kier molecular flexibility index (Phi) is 5.58. The molecule has 0 atom stereocenters. The molecule has 94 valence electrons. The third-order valence-electron chi connectivity index (χ3n) is 2.48. The highest BCUT2D eigenvalue weighted by molar-refractivity contribution is 9.10. The average molecular weight is 300 g/mol. The minimum Gasteiger partial charge on any atom is -0.307 e. The van der Waals surface area contributed by atoms with Gasteiger partial charge in [-0.1, -0.05) is 13.0 Å². The summed E-state index contributed by atoms with van der Waals surface area (Å²) in [5.74, 6) is 0.151. The fourth-order valence-electron chi connectivity index (χ4n) is 1.57. The second-order valence-corrected chi connectivity index (χ2v) is 4.61. The lowest BCUT2D eigenvalue weighted by atomic mass is 10.2. The van der Waals surface area contributed by atoms with Crippen LogP contribution in [-0.4, -0.2) is 28.7 Å². The van der Waals surface area contributed by atoms with Crippen LogP contribution in [0.5, 0.6) is 0 Å². The second-order valence-electron chi connectivity index (χ2n) is 3.82. The van der Waals surface area contributed by atoms with Crippen molar-refractivity contribution in [3.05, 3.63) is 28.5 Å². The molecule has 0 bridgehead atoms. The summed E-state index contributed by atoms with van der Waals surface area (Å²) < 4.78 is 2.73. The molecule has 1 aromatic heterocycles. The van der Waals surface area contributed by atoms with Crippen molar-refractivity contribution in [3.63, 3.8) is 0 Å². The molecule has 0 radical (unpaired) electrons. The van der Waals surface area contributed by atoms with Gasteiger partial charge in [-0.2, -0.15) is 5.10 Å². The molecule has 0 aliphatic rings. The lowest BCUT2D eigenvalue weighted by molar-refractivity contribution is -0.117. The van der Waals surface area contributed by atoms with Crippen molar-refractivity contribution in [2.75, 3.05) is 13.1 Å². The van der Waals surface area contributed by atoms with Crippen LogP contribution in [-0.2, 0) is 24.7 Å². The van der Waals surface area contributed by atoms with Crippen molar-refractivity contribution in [3.8, 4) is 0 Å². The molecule has 0 aliphatic heterocycles. The predicted molar refractivity (Wildman–Crippen MR) is 72.1 cm³/mol. The number of hydrogen-bond acceptors (Lipinski definition) is 3. The van der Waals surface area contributed by atoms with Gasteiger partial charge in [0.25, 0.3) is 0 Å². The Hall–Kier alpha value is -0.940. The van der Waals surface area contributed by atoms with Gasteiger partial charge in [-0.25, -0.2) is 0 Å². The van der Waals surface area contributed by atoms with Crippen molar-refractivity contribution in [1.29, 1.82) is 0 Å². The van der Waals surface area contributed by atoms with Crippen LogP contribution in [0.2, 0.25) is 0 Å². The van der Waals surface area contributed by atoms with Gasteiger partial charge in [-0.05, 0) is 22.4 Å². The first kappa shape index (κ1) is 14.1. The summed E-state index contributed by atoms with van der Waals surface area (Å²) in [7, 11) is 1.86. The van der Waals surface area contributed by atoms with Gasteiger partial charge < -0.3 is 5.32 Å². The summed E-state index contributed by atoms with van der Waals surface area (Å²) in [6.07, 6.45) is 2.99. The molecule has 17 heavy (non-hydrogen) atoms. The highest BCUT2D eigenvalue weighted by Gasteiger charge is 2.15. The Balaban J connectivity index is 2.64. The van der Waals surface area contributed by atoms with Crippen molar-refractivity contribution in [1.82, 2.24) is 15.1 Å². The summed E-state index contributed by atoms with van der Waals surface area (Å²) >= 11 is 3.50. The van der Waals surface area contributed by atoms with E-state index < -0.39 is 0 Å². The number of aryl methyl sites for hydroxylation is 2. The first-order chi connectivity index (χ1) is 8.10. The summed E-state index contributed by atoms with van der Waals surface area (Å²) in [5.41, 5.74) is 1.93. The molecule has 0 spiro atoms. The number of nitrogens with one attached hydrogen (secondary N) is 1. The van der Waals surface area contributed by atoms with Crippen molar-refractivity contribution >= 4 is 21.7 Å². The van der Waals surface area contributed by atoms with E-state index >= 15 is 0 Å². The molecule has 5 heteroatoms. The van der Waals surface area contributed by atoms with Crippen molar-refractivity contribution < 1.29 is 4.79 Å². The zero-order valence-electron chi connectivity index (χ0n) is 10.3. The van der Waals surface area contributed by atoms with Crippen LogP contribution in [0, 0.1) is 0 Å². The predicted octanol–water partition coefficient (Wildman–Crippen LogP) is 1.63. The van der Waals surface area contributed by atoms with Crippen LogP contribution >= 0.6 is 15.9 Å². The number of halogens is 1. The number of rotatable bonds is 7. The van der Waals surface area contributed by atoms with Gasteiger partial charge in [0.05, 0.1) is 28.8 Å². The van der Waals surface area contributed by atoms with Crippen LogP contribution in [0.4, 0.5) is 0 Å². The van der Waals surface area contributed by atoms with Crippen LogP contribution in [0.1, 0.15) is 18.3 Å². The highest BCUT2D eigenvalue weighted by Crippen LogP contribution is 2.21. The SMILES string of the molecule is C=CCNCC(=O)Cc1c(Br)c(CC)nn1C. The second kappa shape index (κ2) is 6.71. The molecule has 4 nitrogen and oxygen atoms in total. The van der Waals surface area contributed by atoms with E-state index in [2.05, 4.69) is 32.9 Å². The third-order valence-corrected chi connectivity index (χ3v) is 3.39. The van der Waals surface area contributed by atoms with Gasteiger partial charge in [0, 0.05) is 13.6 Å². The van der Waals surface area contributed by atoms with Gasteiger partial charge in [0.2, 0.25) is 0 Å². The van der Waals surface area contributed by atoms with E-state index in [-0.39, 0.29) is 5.78 Å². The fraction of sp³-hybridized carbons (Fsp3) is 0.500. The number of hydrogen-bond donors (Lipinski definition) is 1. The molecule has 1 rings (SSSR count). The number of Topliss-reactive ketones (excluding diaryl/α,β-unsaturated/α-hetero) is 1. The number of carbonyl (C=O) groups excluding carboxylic acids is 1. The first-order valence-corrected chi connectivity index (χ1v) is 6.43. The smallest absolute Gasteiger partial charge is 0.152 e. The summed E-state index contributed by atoms with van der Waals surface area (Å²) in [6, 6.07) is 0. The van der Waals surface area contributed by atoms with Crippen molar-refractivity contribution in [2.24, 2.45) is 7.05 Å². The Morgan fingerprint density at radius 3 is 2.88 bits per heavy atom. The summed E-state index contributed by atoms with van der Waals surface area (Å²) in [4.78, 5) is 11.7. The molecule has 0 amide bonds. The fourth-order valence-corrected chi connectivity index (χ4v) is 2.33. The van der Waals surface area contributed by atoms with Gasteiger partial charge in [0.1, 0.15) is 0 Å². The monoisotopic (exact) mass is 299 g/mol. The summed E-state index contributed by atoms with van der Waals surface area (Å²) in [5, 5.41) is 7.36. The van der Waals surface area contributed by atoms with Gasteiger partial charge in [-0.15, -0.1) is 6.58 Å². The zero-order chi connectivity index (χ0) is 12.8. The van der Waals surface area contributed by atoms with E-state index in [1.165, 1.54) is 0 Å². The molecule has 1 heterocycles. The van der Waals surface area contributed by atoms with E-state index in [0.717, 1.165) is 22.3 Å². The standard InChI is InChI=1S/C12H18BrN3O/c1-4-6-14-8-9(17)7-11-12(13)10(5-2)15-16(11)3/h4,14H,1,5-8H2,2-3H3. The molecule has 0 saturated carbocycles. The maximum absolute atomic E-state index is 11.7. The van der Waals surface area contributed by atoms with Crippen molar-refractivity contribution in [2.45, 2.75) is 19.8 Å². The number of aromatic nitrogens is 2. The number of nitrogens with zero attached hydrogens (tertiary/aromatic N) is 2. The molecular weight excluding hydrogens is 282 g/mol. The number of ketones is 1. The van der Waals surface area contributed by atoms with Crippen LogP contribution in [0.15, 0.2) is 17.1 Å². The normalized spacial score (nSPS) is 10.5. The Bertz CT molecular complexity index is 412. The van der Waals surface area contributed by atoms with E-state index in [4.69, 9.17) is 0 Å². The largest absolute Gasteiger partial charge is 0.307 e. The lowest BCUT2D eigenvalue weighted by Gasteiger charge is -2.03. The maximum atomic E-state index is 11.7. The zero-order valence-corrected chi connectivity index (χ0v) is 11.9. The average Bonchev–Trinajstić information content (AvgIpc) is 2.57. The third kappa shape index (κ3) is 3.78. The lowest BCUT2D eigenvalue weighted by Crippen LogP contribution is -2.24. The van der Waals surface area contributed by atoms with Gasteiger partial charge in [0.15, 0.2) is 5.78 Å². The van der Waals surface area contributed by atoms with Gasteiger partial charge in [-0.3, -0.25) is 9.48 Å². The first-order valence-electron chi connectivity index (χ1n) is 5.63. The van der Waals surface area contributed by atoms with Gasteiger partial charge >= 0.3 is 0 Å². The molecule has 1 N–H and O–H groups in total. The van der Waals surface area contributed by atoms with Crippen LogP contribution in [0.3, 0.4) is 0 Å². The quantitative estimate of drug-likeness (QED) is 0.615. The Morgan fingerprint density at radius 2 is 2.35 bits per heavy atom. The molecule has 1 aromatic rings. The van der Waals surface area contributed by atoms with E-state index in [1.54, 1.807) is 10.8 Å². The van der Waals surface area contributed by atoms with Crippen LogP contribution in [0.25, 0.3) is 0 Å². The minimum atomic E-state index is 0.151. The highest BCUT2D eigenvalue weighted by atomic mass is 79.9. The topological polar surface area (TPSA) is 46.9 Å². The van der Waals surface area contributed by atoms with Crippen LogP contribution < -0.4 is 5.32 Å². The van der Waals surface area contributed by atoms with E-state index in [0.29, 0.717) is 19.5 Å². The maximum Gasteiger partial charge on any atom is 0.152 e. The van der Waals surface area contributed by atoms with E-state index in [1.807, 2.05) is 14.0 Å². The molecule has 0 aliphatic carbocycles. The summed E-state index contributed by atoms with van der Waals surface area (Å²) in [6.45, 7) is 6.65. The minimum absolute atomic E-state index is 0.151. The Labute approximate surface area is 110 Å².